The fourth-order valence-corrected chi connectivity index (χ4v) is 3.65. The fraction of sp³-hybridized carbons (Fsp3) is 0.391. The minimum Gasteiger partial charge on any atom is -0.355 e. The van der Waals surface area contributed by atoms with Gasteiger partial charge in [0.25, 0.3) is 0 Å². The highest BCUT2D eigenvalue weighted by molar-refractivity contribution is 5.87. The predicted molar refractivity (Wildman–Crippen MR) is 111 cm³/mol. The lowest BCUT2D eigenvalue weighted by molar-refractivity contribution is -0.132. The smallest absolute Gasteiger partial charge is 0.232 e. The van der Waals surface area contributed by atoms with Crippen LogP contribution < -0.4 is 5.32 Å². The van der Waals surface area contributed by atoms with Crippen molar-refractivity contribution in [3.63, 3.8) is 0 Å². The van der Waals surface area contributed by atoms with Crippen molar-refractivity contribution in [3.05, 3.63) is 71.8 Å². The van der Waals surface area contributed by atoms with Gasteiger partial charge in [0.2, 0.25) is 11.8 Å². The number of carbonyl (C=O) groups excluding carboxylic acids is 2. The lowest BCUT2D eigenvalue weighted by Crippen LogP contribution is -2.49. The zero-order valence-electron chi connectivity index (χ0n) is 16.5. The number of likely N-dealkylation sites (N-methyl/N-ethyl adjacent to an activating group) is 1. The zero-order valence-corrected chi connectivity index (χ0v) is 16.5. The Morgan fingerprint density at radius 2 is 1.43 bits per heavy atom. The molecule has 0 aromatic heterocycles. The number of nitrogens with one attached hydrogen (secondary N) is 1. The first kappa shape index (κ1) is 20.1. The molecule has 0 spiro atoms. The Morgan fingerprint density at radius 1 is 0.893 bits per heavy atom. The molecule has 28 heavy (non-hydrogen) atoms. The summed E-state index contributed by atoms with van der Waals surface area (Å²) in [7, 11) is 0. The van der Waals surface area contributed by atoms with Crippen molar-refractivity contribution in [1.82, 2.24) is 15.1 Å². The van der Waals surface area contributed by atoms with E-state index >= 15 is 0 Å². The predicted octanol–water partition coefficient (Wildman–Crippen LogP) is 2.49. The largest absolute Gasteiger partial charge is 0.355 e. The van der Waals surface area contributed by atoms with E-state index in [1.54, 1.807) is 0 Å². The second-order valence-corrected chi connectivity index (χ2v) is 7.11. The molecule has 1 fully saturated rings. The Labute approximate surface area is 167 Å². The fourth-order valence-electron chi connectivity index (χ4n) is 3.65. The molecule has 5 heteroatoms. The first-order valence-electron chi connectivity index (χ1n) is 10.1. The first-order valence-corrected chi connectivity index (χ1v) is 10.1. The van der Waals surface area contributed by atoms with Crippen LogP contribution in [0.2, 0.25) is 0 Å². The molecule has 3 rings (SSSR count). The second kappa shape index (κ2) is 10.0. The van der Waals surface area contributed by atoms with Crippen molar-refractivity contribution in [2.75, 3.05) is 39.3 Å². The van der Waals surface area contributed by atoms with Gasteiger partial charge in [-0.2, -0.15) is 0 Å². The molecule has 148 valence electrons. The topological polar surface area (TPSA) is 52.6 Å². The van der Waals surface area contributed by atoms with E-state index in [0.717, 1.165) is 43.9 Å². The van der Waals surface area contributed by atoms with Crippen LogP contribution in [-0.4, -0.2) is 60.9 Å². The SMILES string of the molecule is CCN1CCN(C(=O)CCNC(=O)C(c2ccccc2)c2ccccc2)CC1. The highest BCUT2D eigenvalue weighted by atomic mass is 16.2. The quantitative estimate of drug-likeness (QED) is 0.804. The molecule has 0 bridgehead atoms. The van der Waals surface area contributed by atoms with E-state index in [9.17, 15) is 9.59 Å². The molecule has 0 aliphatic carbocycles. The molecule has 0 atom stereocenters. The molecule has 1 heterocycles. The highest BCUT2D eigenvalue weighted by Gasteiger charge is 2.23. The number of piperazine rings is 1. The summed E-state index contributed by atoms with van der Waals surface area (Å²) < 4.78 is 0. The molecule has 0 saturated carbocycles. The van der Waals surface area contributed by atoms with E-state index in [4.69, 9.17) is 0 Å². The van der Waals surface area contributed by atoms with Gasteiger partial charge in [-0.3, -0.25) is 9.59 Å². The molecule has 1 aliphatic heterocycles. The Morgan fingerprint density at radius 3 is 1.93 bits per heavy atom. The number of rotatable bonds is 7. The second-order valence-electron chi connectivity index (χ2n) is 7.11. The lowest BCUT2D eigenvalue weighted by Gasteiger charge is -2.34. The van der Waals surface area contributed by atoms with Crippen LogP contribution in [0.5, 0.6) is 0 Å². The highest BCUT2D eigenvalue weighted by Crippen LogP contribution is 2.24. The zero-order chi connectivity index (χ0) is 19.8. The third kappa shape index (κ3) is 5.20. The van der Waals surface area contributed by atoms with Crippen LogP contribution in [-0.2, 0) is 9.59 Å². The molecule has 5 nitrogen and oxygen atoms in total. The van der Waals surface area contributed by atoms with E-state index < -0.39 is 0 Å². The normalized spacial score (nSPS) is 14.9. The minimum atomic E-state index is -0.370. The van der Waals surface area contributed by atoms with Gasteiger partial charge in [-0.15, -0.1) is 0 Å². The van der Waals surface area contributed by atoms with Gasteiger partial charge >= 0.3 is 0 Å². The Bertz CT molecular complexity index is 716. The van der Waals surface area contributed by atoms with Crippen molar-refractivity contribution < 1.29 is 9.59 Å². The van der Waals surface area contributed by atoms with Gasteiger partial charge < -0.3 is 15.1 Å². The molecular weight excluding hydrogens is 350 g/mol. The Kier molecular flexibility index (Phi) is 7.20. The molecule has 0 radical (unpaired) electrons. The van der Waals surface area contributed by atoms with Crippen LogP contribution in [0.3, 0.4) is 0 Å². The van der Waals surface area contributed by atoms with Crippen LogP contribution in [0, 0.1) is 0 Å². The van der Waals surface area contributed by atoms with Crippen molar-refractivity contribution in [1.29, 1.82) is 0 Å². The summed E-state index contributed by atoms with van der Waals surface area (Å²) in [5.41, 5.74) is 1.90. The molecule has 2 aromatic carbocycles. The minimum absolute atomic E-state index is 0.0685. The first-order chi connectivity index (χ1) is 13.7. The van der Waals surface area contributed by atoms with Crippen LogP contribution in [0.25, 0.3) is 0 Å². The number of nitrogens with zero attached hydrogens (tertiary/aromatic N) is 2. The third-order valence-electron chi connectivity index (χ3n) is 5.34. The van der Waals surface area contributed by atoms with Gasteiger partial charge in [0.1, 0.15) is 0 Å². The number of amides is 2. The number of hydrogen-bond acceptors (Lipinski definition) is 3. The maximum absolute atomic E-state index is 12.9. The summed E-state index contributed by atoms with van der Waals surface area (Å²) in [6, 6.07) is 19.5. The summed E-state index contributed by atoms with van der Waals surface area (Å²) >= 11 is 0. The van der Waals surface area contributed by atoms with Crippen LogP contribution in [0.4, 0.5) is 0 Å². The molecule has 2 aromatic rings. The maximum atomic E-state index is 12.9. The summed E-state index contributed by atoms with van der Waals surface area (Å²) in [6.07, 6.45) is 0.341. The van der Waals surface area contributed by atoms with Gasteiger partial charge in [0.05, 0.1) is 5.92 Å². The lowest BCUT2D eigenvalue weighted by atomic mass is 9.90. The molecule has 1 aliphatic rings. The van der Waals surface area contributed by atoms with Gasteiger partial charge in [0.15, 0.2) is 0 Å². The number of carbonyl (C=O) groups is 2. The molecule has 1 saturated heterocycles. The van der Waals surface area contributed by atoms with Crippen molar-refractivity contribution in [2.24, 2.45) is 0 Å². The van der Waals surface area contributed by atoms with Crippen molar-refractivity contribution in [2.45, 2.75) is 19.3 Å². The van der Waals surface area contributed by atoms with E-state index in [-0.39, 0.29) is 17.7 Å². The van der Waals surface area contributed by atoms with E-state index in [1.807, 2.05) is 65.6 Å². The average molecular weight is 380 g/mol. The Hall–Kier alpha value is -2.66. The molecular formula is C23H29N3O2. The monoisotopic (exact) mass is 379 g/mol. The van der Waals surface area contributed by atoms with Crippen LogP contribution in [0.1, 0.15) is 30.4 Å². The summed E-state index contributed by atoms with van der Waals surface area (Å²) in [4.78, 5) is 29.6. The van der Waals surface area contributed by atoms with Gasteiger partial charge in [-0.05, 0) is 17.7 Å². The molecule has 1 N–H and O–H groups in total. The summed E-state index contributed by atoms with van der Waals surface area (Å²) in [5.74, 6) is -0.321. The Balaban J connectivity index is 1.57. The van der Waals surface area contributed by atoms with Crippen LogP contribution in [0.15, 0.2) is 60.7 Å². The van der Waals surface area contributed by atoms with Gasteiger partial charge in [-0.1, -0.05) is 67.6 Å². The summed E-state index contributed by atoms with van der Waals surface area (Å²) in [5, 5.41) is 2.97. The van der Waals surface area contributed by atoms with E-state index in [0.29, 0.717) is 13.0 Å². The van der Waals surface area contributed by atoms with Crippen LogP contribution >= 0.6 is 0 Å². The third-order valence-corrected chi connectivity index (χ3v) is 5.34. The molecule has 0 unspecified atom stereocenters. The number of benzene rings is 2. The van der Waals surface area contributed by atoms with Gasteiger partial charge in [-0.25, -0.2) is 0 Å². The van der Waals surface area contributed by atoms with Gasteiger partial charge in [0, 0.05) is 39.1 Å². The van der Waals surface area contributed by atoms with Crippen molar-refractivity contribution in [3.8, 4) is 0 Å². The number of hydrogen-bond donors (Lipinski definition) is 1. The summed E-state index contributed by atoms with van der Waals surface area (Å²) in [6.45, 7) is 6.94. The van der Waals surface area contributed by atoms with Crippen molar-refractivity contribution >= 4 is 11.8 Å². The standard InChI is InChI=1S/C23H29N3O2/c1-2-25-15-17-26(18-16-25)21(27)13-14-24-23(28)22(19-9-5-3-6-10-19)20-11-7-4-8-12-20/h3-12,22H,2,13-18H2,1H3,(H,24,28). The molecule has 2 amide bonds. The van der Waals surface area contributed by atoms with E-state index in [1.165, 1.54) is 0 Å². The van der Waals surface area contributed by atoms with E-state index in [2.05, 4.69) is 17.1 Å². The maximum Gasteiger partial charge on any atom is 0.232 e. The average Bonchev–Trinajstić information content (AvgIpc) is 2.75.